The Hall–Kier alpha value is -2.31. The smallest absolute Gasteiger partial charge is 0.262 e. The van der Waals surface area contributed by atoms with Gasteiger partial charge in [-0.1, -0.05) is 43.5 Å². The zero-order chi connectivity index (χ0) is 19.2. The van der Waals surface area contributed by atoms with E-state index in [4.69, 9.17) is 26.1 Å². The molecule has 0 aliphatic heterocycles. The van der Waals surface area contributed by atoms with Gasteiger partial charge in [0, 0.05) is 30.4 Å². The number of aryl methyl sites for hydroxylation is 1. The Morgan fingerprint density at radius 1 is 1.15 bits per heavy atom. The molecule has 0 N–H and O–H groups in total. The molecule has 0 aliphatic rings. The quantitative estimate of drug-likeness (QED) is 0.518. The minimum absolute atomic E-state index is 0.170. The van der Waals surface area contributed by atoms with Crippen molar-refractivity contribution in [3.05, 3.63) is 51.9 Å². The molecule has 0 radical (unpaired) electrons. The number of ether oxygens (including phenoxy) is 2. The monoisotopic (exact) mass is 389 g/mol. The zero-order valence-corrected chi connectivity index (χ0v) is 16.4. The number of nitrogens with zero attached hydrogens (tertiary/aromatic N) is 3. The summed E-state index contributed by atoms with van der Waals surface area (Å²) in [6.07, 6.45) is 4.95. The fourth-order valence-electron chi connectivity index (χ4n) is 2.91. The predicted molar refractivity (Wildman–Crippen MR) is 107 cm³/mol. The summed E-state index contributed by atoms with van der Waals surface area (Å²) in [6, 6.07) is 8.93. The molecule has 2 aromatic heterocycles. The number of hydrogen-bond acceptors (Lipinski definition) is 4. The topological polar surface area (TPSA) is 57.8 Å². The highest BCUT2D eigenvalue weighted by Gasteiger charge is 2.14. The van der Waals surface area contributed by atoms with Gasteiger partial charge in [-0.15, -0.1) is 0 Å². The SMILES string of the molecule is CCCCCn1c(OCCOC)cc(=O)n2cc(-c3ccc(Cl)cc3)nc12. The highest BCUT2D eigenvalue weighted by Crippen LogP contribution is 2.23. The summed E-state index contributed by atoms with van der Waals surface area (Å²) >= 11 is 5.97. The molecule has 0 saturated carbocycles. The molecule has 27 heavy (non-hydrogen) atoms. The average Bonchev–Trinajstić information content (AvgIpc) is 3.11. The van der Waals surface area contributed by atoms with Crippen LogP contribution >= 0.6 is 11.6 Å². The van der Waals surface area contributed by atoms with E-state index >= 15 is 0 Å². The lowest BCUT2D eigenvalue weighted by Crippen LogP contribution is -2.20. The van der Waals surface area contributed by atoms with Crippen molar-refractivity contribution in [1.82, 2.24) is 14.0 Å². The molecule has 3 rings (SSSR count). The normalized spacial score (nSPS) is 11.2. The number of hydrogen-bond donors (Lipinski definition) is 0. The third-order valence-electron chi connectivity index (χ3n) is 4.34. The van der Waals surface area contributed by atoms with E-state index in [0.29, 0.717) is 29.9 Å². The summed E-state index contributed by atoms with van der Waals surface area (Å²) in [5, 5.41) is 0.662. The van der Waals surface area contributed by atoms with Crippen molar-refractivity contribution >= 4 is 17.4 Å². The summed E-state index contributed by atoms with van der Waals surface area (Å²) < 4.78 is 14.4. The first-order valence-electron chi connectivity index (χ1n) is 9.14. The van der Waals surface area contributed by atoms with Gasteiger partial charge in [0.15, 0.2) is 0 Å². The molecule has 0 aliphatic carbocycles. The third kappa shape index (κ3) is 4.51. The zero-order valence-electron chi connectivity index (χ0n) is 15.7. The fourth-order valence-corrected chi connectivity index (χ4v) is 3.04. The number of unbranched alkanes of at least 4 members (excludes halogenated alkanes) is 2. The van der Waals surface area contributed by atoms with Crippen molar-refractivity contribution in [3.8, 4) is 17.1 Å². The second-order valence-corrected chi connectivity index (χ2v) is 6.76. The molecule has 0 fully saturated rings. The van der Waals surface area contributed by atoms with Crippen molar-refractivity contribution in [2.75, 3.05) is 20.3 Å². The van der Waals surface area contributed by atoms with E-state index in [-0.39, 0.29) is 5.56 Å². The predicted octanol–water partition coefficient (Wildman–Crippen LogP) is 4.03. The molecular formula is C20H24ClN3O3. The maximum absolute atomic E-state index is 12.6. The molecule has 0 atom stereocenters. The van der Waals surface area contributed by atoms with Crippen LogP contribution < -0.4 is 10.3 Å². The molecule has 1 aromatic carbocycles. The van der Waals surface area contributed by atoms with Gasteiger partial charge in [0.2, 0.25) is 11.7 Å². The lowest BCUT2D eigenvalue weighted by Gasteiger charge is -2.15. The van der Waals surface area contributed by atoms with Gasteiger partial charge < -0.3 is 9.47 Å². The minimum atomic E-state index is -0.170. The van der Waals surface area contributed by atoms with E-state index in [1.807, 2.05) is 28.8 Å². The Kier molecular flexibility index (Phi) is 6.53. The summed E-state index contributed by atoms with van der Waals surface area (Å²) in [6.45, 7) is 3.73. The molecule has 3 aromatic rings. The van der Waals surface area contributed by atoms with E-state index in [2.05, 4.69) is 6.92 Å². The number of methoxy groups -OCH3 is 1. The largest absolute Gasteiger partial charge is 0.476 e. The van der Waals surface area contributed by atoms with E-state index in [9.17, 15) is 4.79 Å². The molecule has 6 nitrogen and oxygen atoms in total. The lowest BCUT2D eigenvalue weighted by molar-refractivity contribution is 0.140. The van der Waals surface area contributed by atoms with Crippen LogP contribution in [0.1, 0.15) is 26.2 Å². The van der Waals surface area contributed by atoms with Crippen molar-refractivity contribution in [1.29, 1.82) is 0 Å². The number of fused-ring (bicyclic) bond motifs is 1. The van der Waals surface area contributed by atoms with Gasteiger partial charge in [-0.3, -0.25) is 13.8 Å². The number of aromatic nitrogens is 3. The van der Waals surface area contributed by atoms with Crippen LogP contribution in [0, 0.1) is 0 Å². The summed E-state index contributed by atoms with van der Waals surface area (Å²) in [4.78, 5) is 17.3. The number of benzene rings is 1. The van der Waals surface area contributed by atoms with Gasteiger partial charge in [-0.25, -0.2) is 4.98 Å². The van der Waals surface area contributed by atoms with E-state index < -0.39 is 0 Å². The van der Waals surface area contributed by atoms with Gasteiger partial charge in [0.05, 0.1) is 18.4 Å². The minimum Gasteiger partial charge on any atom is -0.476 e. The van der Waals surface area contributed by atoms with E-state index in [0.717, 1.165) is 37.1 Å². The standard InChI is InChI=1S/C20H24ClN3O3/c1-3-4-5-10-23-19(27-12-11-26-2)13-18(25)24-14-17(22-20(23)24)15-6-8-16(21)9-7-15/h6-9,13-14H,3-5,10-12H2,1-2H3. The van der Waals surface area contributed by atoms with Gasteiger partial charge in [-0.05, 0) is 18.6 Å². The van der Waals surface area contributed by atoms with E-state index in [1.165, 1.54) is 6.07 Å². The maximum atomic E-state index is 12.6. The van der Waals surface area contributed by atoms with Crippen LogP contribution in [0.25, 0.3) is 17.0 Å². The van der Waals surface area contributed by atoms with Gasteiger partial charge >= 0.3 is 0 Å². The molecule has 0 spiro atoms. The van der Waals surface area contributed by atoms with E-state index in [1.54, 1.807) is 17.7 Å². The Bertz CT molecular complexity index is 948. The Morgan fingerprint density at radius 3 is 2.63 bits per heavy atom. The summed E-state index contributed by atoms with van der Waals surface area (Å²) in [5.74, 6) is 1.10. The van der Waals surface area contributed by atoms with Crippen LogP contribution in [0.2, 0.25) is 5.02 Å². The molecular weight excluding hydrogens is 366 g/mol. The van der Waals surface area contributed by atoms with Gasteiger partial charge in [-0.2, -0.15) is 0 Å². The van der Waals surface area contributed by atoms with Gasteiger partial charge in [0.1, 0.15) is 6.61 Å². The van der Waals surface area contributed by atoms with Crippen LogP contribution in [0.3, 0.4) is 0 Å². The number of imidazole rings is 1. The van der Waals surface area contributed by atoms with Crippen LogP contribution in [-0.4, -0.2) is 34.3 Å². The fraction of sp³-hybridized carbons (Fsp3) is 0.400. The van der Waals surface area contributed by atoms with Crippen molar-refractivity contribution in [2.24, 2.45) is 0 Å². The Morgan fingerprint density at radius 2 is 1.93 bits per heavy atom. The highest BCUT2D eigenvalue weighted by molar-refractivity contribution is 6.30. The first kappa shape index (κ1) is 19.5. The number of rotatable bonds is 9. The van der Waals surface area contributed by atoms with Crippen LogP contribution in [0.15, 0.2) is 41.3 Å². The lowest BCUT2D eigenvalue weighted by atomic mass is 10.2. The Balaban J connectivity index is 2.05. The molecule has 7 heteroatoms. The molecule has 0 saturated heterocycles. The Labute approximate surface area is 163 Å². The molecule has 2 heterocycles. The number of halogens is 1. The molecule has 0 bridgehead atoms. The molecule has 144 valence electrons. The second kappa shape index (κ2) is 9.06. The third-order valence-corrected chi connectivity index (χ3v) is 4.59. The highest BCUT2D eigenvalue weighted by atomic mass is 35.5. The first-order chi connectivity index (χ1) is 13.1. The van der Waals surface area contributed by atoms with Crippen molar-refractivity contribution in [2.45, 2.75) is 32.7 Å². The van der Waals surface area contributed by atoms with Crippen molar-refractivity contribution < 1.29 is 9.47 Å². The molecule has 0 amide bonds. The first-order valence-corrected chi connectivity index (χ1v) is 9.52. The summed E-state index contributed by atoms with van der Waals surface area (Å²) in [5.41, 5.74) is 1.46. The molecule has 0 unspecified atom stereocenters. The maximum Gasteiger partial charge on any atom is 0.262 e. The van der Waals surface area contributed by atoms with Crippen molar-refractivity contribution in [3.63, 3.8) is 0 Å². The van der Waals surface area contributed by atoms with Gasteiger partial charge in [0.25, 0.3) is 5.56 Å². The van der Waals surface area contributed by atoms with Crippen LogP contribution in [-0.2, 0) is 11.3 Å². The summed E-state index contributed by atoms with van der Waals surface area (Å²) in [7, 11) is 1.62. The average molecular weight is 390 g/mol. The van der Waals surface area contributed by atoms with Crippen LogP contribution in [0.4, 0.5) is 0 Å². The van der Waals surface area contributed by atoms with Crippen LogP contribution in [0.5, 0.6) is 5.88 Å². The second-order valence-electron chi connectivity index (χ2n) is 6.32.